The molecule has 0 saturated heterocycles. The Hall–Kier alpha value is -3.35. The minimum absolute atomic E-state index is 0.207. The molecule has 13 nitrogen and oxygen atoms in total. The SMILES string of the molecule is Cn1c(C(=O)O)cnc1[N+](=O)[O-].Cn1c(CO)cnc1[N+](=O)[O-]. The molecular formula is C10H12N6O7. The van der Waals surface area contributed by atoms with E-state index in [-0.39, 0.29) is 18.2 Å². The third-order valence-corrected chi connectivity index (χ3v) is 2.73. The molecule has 23 heavy (non-hydrogen) atoms. The first-order chi connectivity index (χ1) is 10.7. The summed E-state index contributed by atoms with van der Waals surface area (Å²) in [5.74, 6) is -1.97. The van der Waals surface area contributed by atoms with E-state index in [4.69, 9.17) is 10.2 Å². The summed E-state index contributed by atoms with van der Waals surface area (Å²) >= 11 is 0. The first-order valence-corrected chi connectivity index (χ1v) is 5.85. The van der Waals surface area contributed by atoms with Crippen molar-refractivity contribution in [3.8, 4) is 0 Å². The van der Waals surface area contributed by atoms with Crippen molar-refractivity contribution >= 4 is 17.9 Å². The summed E-state index contributed by atoms with van der Waals surface area (Å²) in [6.07, 6.45) is 2.22. The van der Waals surface area contributed by atoms with Gasteiger partial charge in [0.1, 0.15) is 18.5 Å². The fraction of sp³-hybridized carbons (Fsp3) is 0.300. The van der Waals surface area contributed by atoms with E-state index < -0.39 is 21.8 Å². The molecule has 0 aliphatic rings. The predicted octanol–water partition coefficient (Wildman–Crippen LogP) is -0.153. The molecule has 0 aliphatic heterocycles. The highest BCUT2D eigenvalue weighted by molar-refractivity contribution is 5.85. The van der Waals surface area contributed by atoms with Crippen molar-refractivity contribution in [2.45, 2.75) is 6.61 Å². The average molecular weight is 328 g/mol. The Bertz CT molecular complexity index is 717. The van der Waals surface area contributed by atoms with Crippen LogP contribution in [0.25, 0.3) is 0 Å². The van der Waals surface area contributed by atoms with Crippen LogP contribution >= 0.6 is 0 Å². The maximum atomic E-state index is 10.4. The molecule has 0 aliphatic carbocycles. The third kappa shape index (κ3) is 3.85. The zero-order valence-electron chi connectivity index (χ0n) is 12.0. The molecule has 2 aromatic heterocycles. The Labute approximate surface area is 127 Å². The summed E-state index contributed by atoms with van der Waals surface area (Å²) in [5.41, 5.74) is 0.221. The number of aromatic carboxylic acids is 1. The van der Waals surface area contributed by atoms with Crippen LogP contribution in [0.3, 0.4) is 0 Å². The standard InChI is InChI=1S/C5H5N3O4.C5H7N3O3/c1-7-3(4(9)10)2-6-5(7)8(11)12;1-7-4(3-9)2-6-5(7)8(10)11/h2H,1H3,(H,9,10);2,9H,3H2,1H3. The zero-order chi connectivity index (χ0) is 17.7. The second-order valence-corrected chi connectivity index (χ2v) is 4.09. The quantitative estimate of drug-likeness (QED) is 0.569. The number of carboxylic acid groups (broad SMARTS) is 1. The highest BCUT2D eigenvalue weighted by Crippen LogP contribution is 2.10. The van der Waals surface area contributed by atoms with Crippen molar-refractivity contribution < 1.29 is 24.9 Å². The van der Waals surface area contributed by atoms with Crippen LogP contribution in [0.4, 0.5) is 11.9 Å². The van der Waals surface area contributed by atoms with Crippen LogP contribution in [-0.2, 0) is 20.7 Å². The number of aromatic nitrogens is 4. The van der Waals surface area contributed by atoms with Gasteiger partial charge in [-0.25, -0.2) is 13.9 Å². The van der Waals surface area contributed by atoms with Gasteiger partial charge in [-0.05, 0) is 9.85 Å². The lowest BCUT2D eigenvalue weighted by Gasteiger charge is -1.94. The van der Waals surface area contributed by atoms with E-state index in [0.717, 1.165) is 10.8 Å². The molecular weight excluding hydrogens is 316 g/mol. The molecule has 2 aromatic rings. The molecule has 2 N–H and O–H groups in total. The Kier molecular flexibility index (Phi) is 5.45. The summed E-state index contributed by atoms with van der Waals surface area (Å²) in [4.78, 5) is 36.2. The topological polar surface area (TPSA) is 179 Å². The number of carbonyl (C=O) groups is 1. The number of nitrogens with zero attached hydrogens (tertiary/aromatic N) is 6. The molecule has 0 amide bonds. The molecule has 0 bridgehead atoms. The van der Waals surface area contributed by atoms with Gasteiger partial charge in [-0.2, -0.15) is 0 Å². The van der Waals surface area contributed by atoms with Gasteiger partial charge < -0.3 is 30.4 Å². The van der Waals surface area contributed by atoms with Crippen molar-refractivity contribution in [1.82, 2.24) is 19.1 Å². The Balaban J connectivity index is 0.000000231. The van der Waals surface area contributed by atoms with E-state index >= 15 is 0 Å². The summed E-state index contributed by atoms with van der Waals surface area (Å²) in [7, 11) is 2.76. The van der Waals surface area contributed by atoms with Crippen LogP contribution in [0.1, 0.15) is 16.2 Å². The smallest absolute Gasteiger partial charge is 0.435 e. The van der Waals surface area contributed by atoms with Gasteiger partial charge in [0.15, 0.2) is 6.20 Å². The number of rotatable bonds is 4. The van der Waals surface area contributed by atoms with Gasteiger partial charge in [-0.1, -0.05) is 9.97 Å². The molecule has 0 spiro atoms. The number of carboxylic acids is 1. The summed E-state index contributed by atoms with van der Waals surface area (Å²) in [5, 5.41) is 37.5. The van der Waals surface area contributed by atoms with Gasteiger partial charge in [0.05, 0.1) is 14.1 Å². The van der Waals surface area contributed by atoms with Crippen molar-refractivity contribution in [1.29, 1.82) is 0 Å². The van der Waals surface area contributed by atoms with Gasteiger partial charge in [-0.15, -0.1) is 0 Å². The first kappa shape index (κ1) is 17.7. The second kappa shape index (κ2) is 7.08. The van der Waals surface area contributed by atoms with Gasteiger partial charge in [0.2, 0.25) is 5.69 Å². The number of nitro groups is 2. The lowest BCUT2D eigenvalue weighted by Crippen LogP contribution is -2.06. The van der Waals surface area contributed by atoms with Crippen molar-refractivity contribution in [2.24, 2.45) is 14.1 Å². The van der Waals surface area contributed by atoms with Crippen LogP contribution in [-0.4, -0.2) is 45.1 Å². The van der Waals surface area contributed by atoms with Crippen LogP contribution < -0.4 is 0 Å². The van der Waals surface area contributed by atoms with Crippen LogP contribution in [0, 0.1) is 20.2 Å². The van der Waals surface area contributed by atoms with Gasteiger partial charge in [0.25, 0.3) is 0 Å². The number of aliphatic hydroxyl groups is 1. The molecule has 0 fully saturated rings. The van der Waals surface area contributed by atoms with E-state index in [1.807, 2.05) is 0 Å². The van der Waals surface area contributed by atoms with Crippen LogP contribution in [0.2, 0.25) is 0 Å². The van der Waals surface area contributed by atoms with E-state index in [0.29, 0.717) is 5.69 Å². The highest BCUT2D eigenvalue weighted by Gasteiger charge is 2.21. The lowest BCUT2D eigenvalue weighted by atomic mass is 10.5. The molecule has 0 unspecified atom stereocenters. The monoisotopic (exact) mass is 328 g/mol. The Morgan fingerprint density at radius 2 is 1.61 bits per heavy atom. The lowest BCUT2D eigenvalue weighted by molar-refractivity contribution is -0.396. The van der Waals surface area contributed by atoms with Crippen molar-refractivity contribution in [2.75, 3.05) is 0 Å². The summed E-state index contributed by atoms with van der Waals surface area (Å²) in [6.45, 7) is -0.239. The number of imidazole rings is 2. The summed E-state index contributed by atoms with van der Waals surface area (Å²) < 4.78 is 2.14. The molecule has 0 aromatic carbocycles. The van der Waals surface area contributed by atoms with E-state index in [2.05, 4.69) is 9.97 Å². The molecule has 0 saturated carbocycles. The zero-order valence-corrected chi connectivity index (χ0v) is 12.0. The van der Waals surface area contributed by atoms with Gasteiger partial charge in [0, 0.05) is 0 Å². The largest absolute Gasteiger partial charge is 0.475 e. The number of hydrogen-bond donors (Lipinski definition) is 2. The predicted molar refractivity (Wildman–Crippen MR) is 72.6 cm³/mol. The molecule has 0 radical (unpaired) electrons. The maximum absolute atomic E-state index is 10.4. The van der Waals surface area contributed by atoms with Crippen molar-refractivity contribution in [3.05, 3.63) is 44.0 Å². The normalized spacial score (nSPS) is 9.87. The summed E-state index contributed by atoms with van der Waals surface area (Å²) in [6, 6.07) is 0. The van der Waals surface area contributed by atoms with Crippen LogP contribution in [0.15, 0.2) is 12.4 Å². The second-order valence-electron chi connectivity index (χ2n) is 4.09. The van der Waals surface area contributed by atoms with Crippen LogP contribution in [0.5, 0.6) is 0 Å². The minimum atomic E-state index is -1.24. The molecule has 2 heterocycles. The van der Waals surface area contributed by atoms with Gasteiger partial charge in [-0.3, -0.25) is 0 Å². The number of aliphatic hydroxyl groups excluding tert-OH is 1. The minimum Gasteiger partial charge on any atom is -0.475 e. The fourth-order valence-corrected chi connectivity index (χ4v) is 1.52. The third-order valence-electron chi connectivity index (χ3n) is 2.73. The average Bonchev–Trinajstić information content (AvgIpc) is 3.02. The maximum Gasteiger partial charge on any atom is 0.435 e. The van der Waals surface area contributed by atoms with E-state index in [1.165, 1.54) is 24.9 Å². The number of hydrogen-bond acceptors (Lipinski definition) is 8. The fourth-order valence-electron chi connectivity index (χ4n) is 1.52. The Morgan fingerprint density at radius 1 is 1.13 bits per heavy atom. The van der Waals surface area contributed by atoms with Crippen molar-refractivity contribution in [3.63, 3.8) is 0 Å². The molecule has 2 rings (SSSR count). The Morgan fingerprint density at radius 3 is 1.87 bits per heavy atom. The first-order valence-electron chi connectivity index (χ1n) is 5.85. The molecule has 124 valence electrons. The molecule has 13 heteroatoms. The van der Waals surface area contributed by atoms with E-state index in [1.54, 1.807) is 0 Å². The van der Waals surface area contributed by atoms with E-state index in [9.17, 15) is 25.0 Å². The highest BCUT2D eigenvalue weighted by atomic mass is 16.6. The molecule has 0 atom stereocenters. The van der Waals surface area contributed by atoms with Gasteiger partial charge >= 0.3 is 17.9 Å².